The van der Waals surface area contributed by atoms with E-state index in [0.29, 0.717) is 11.6 Å². The van der Waals surface area contributed by atoms with Gasteiger partial charge in [0.15, 0.2) is 0 Å². The second-order valence-corrected chi connectivity index (χ2v) is 5.91. The molecule has 1 aromatic carbocycles. The number of hydrogen-bond donors (Lipinski definition) is 3. The Kier molecular flexibility index (Phi) is 2.57. The minimum absolute atomic E-state index is 0.0352. The van der Waals surface area contributed by atoms with Gasteiger partial charge in [0.25, 0.3) is 5.91 Å². The van der Waals surface area contributed by atoms with Crippen molar-refractivity contribution in [2.45, 2.75) is 43.8 Å². The summed E-state index contributed by atoms with van der Waals surface area (Å²) in [5.41, 5.74) is 2.12. The Hall–Kier alpha value is -1.88. The molecule has 2 aromatic rings. The van der Waals surface area contributed by atoms with Gasteiger partial charge < -0.3 is 10.3 Å². The van der Waals surface area contributed by atoms with Crippen LogP contribution in [0.2, 0.25) is 0 Å². The van der Waals surface area contributed by atoms with Crippen molar-refractivity contribution in [3.05, 3.63) is 30.1 Å². The summed E-state index contributed by atoms with van der Waals surface area (Å²) in [6.45, 7) is 0. The van der Waals surface area contributed by atoms with Crippen molar-refractivity contribution < 1.29 is 4.79 Å². The maximum Gasteiger partial charge on any atom is 0.254 e. The first-order valence-electron chi connectivity index (χ1n) is 7.28. The van der Waals surface area contributed by atoms with Crippen molar-refractivity contribution in [1.29, 1.82) is 0 Å². The summed E-state index contributed by atoms with van der Waals surface area (Å²) in [4.78, 5) is 19.8. The highest BCUT2D eigenvalue weighted by atomic mass is 16.2. The van der Waals surface area contributed by atoms with E-state index in [9.17, 15) is 4.79 Å². The number of H-pyrrole nitrogens is 1. The summed E-state index contributed by atoms with van der Waals surface area (Å²) >= 11 is 0. The molecule has 2 fully saturated rings. The number of aromatic nitrogens is 2. The first-order valence-corrected chi connectivity index (χ1v) is 7.28. The van der Waals surface area contributed by atoms with Crippen molar-refractivity contribution in [3.63, 3.8) is 0 Å². The number of imidazole rings is 1. The van der Waals surface area contributed by atoms with Crippen molar-refractivity contribution in [1.82, 2.24) is 20.6 Å². The maximum atomic E-state index is 12.5. The summed E-state index contributed by atoms with van der Waals surface area (Å²) in [6.07, 6.45) is 7.42. The Balaban J connectivity index is 1.54. The lowest BCUT2D eigenvalue weighted by molar-refractivity contribution is 0.0913. The highest BCUT2D eigenvalue weighted by Crippen LogP contribution is 2.36. The number of benzene rings is 1. The molecule has 0 atom stereocenters. The van der Waals surface area contributed by atoms with E-state index >= 15 is 0 Å². The van der Waals surface area contributed by atoms with Gasteiger partial charge in [-0.15, -0.1) is 0 Å². The SMILES string of the molecule is O=C(NC1(NC2CCC2)CC1)c1cccc2[nH]cnc12. The topological polar surface area (TPSA) is 69.8 Å². The van der Waals surface area contributed by atoms with Gasteiger partial charge in [0.2, 0.25) is 0 Å². The number of nitrogens with zero attached hydrogens (tertiary/aromatic N) is 1. The van der Waals surface area contributed by atoms with Crippen LogP contribution in [0, 0.1) is 0 Å². The number of nitrogens with one attached hydrogen (secondary N) is 3. The molecule has 20 heavy (non-hydrogen) atoms. The average Bonchev–Trinajstić information content (AvgIpc) is 2.98. The number of carbonyl (C=O) groups is 1. The van der Waals surface area contributed by atoms with Gasteiger partial charge >= 0.3 is 0 Å². The number of hydrogen-bond acceptors (Lipinski definition) is 3. The third kappa shape index (κ3) is 1.98. The van der Waals surface area contributed by atoms with Gasteiger partial charge in [-0.2, -0.15) is 0 Å². The normalized spacial score (nSPS) is 20.6. The molecule has 2 saturated carbocycles. The summed E-state index contributed by atoms with van der Waals surface area (Å²) < 4.78 is 0. The largest absolute Gasteiger partial charge is 0.345 e. The molecule has 2 aliphatic rings. The molecule has 0 radical (unpaired) electrons. The molecule has 0 saturated heterocycles. The van der Waals surface area contributed by atoms with E-state index in [0.717, 1.165) is 23.9 Å². The van der Waals surface area contributed by atoms with Crippen molar-refractivity contribution >= 4 is 16.9 Å². The number of aromatic amines is 1. The van der Waals surface area contributed by atoms with E-state index < -0.39 is 0 Å². The average molecular weight is 270 g/mol. The monoisotopic (exact) mass is 270 g/mol. The van der Waals surface area contributed by atoms with E-state index in [1.54, 1.807) is 6.33 Å². The molecule has 0 unspecified atom stereocenters. The number of amides is 1. The second kappa shape index (κ2) is 4.31. The molecule has 1 amide bonds. The molecule has 5 nitrogen and oxygen atoms in total. The van der Waals surface area contributed by atoms with Crippen LogP contribution >= 0.6 is 0 Å². The van der Waals surface area contributed by atoms with Gasteiger partial charge in [0.05, 0.1) is 23.1 Å². The standard InChI is InChI=1S/C15H18N4O/c20-14(11-5-2-6-12-13(11)17-9-16-12)19-15(7-8-15)18-10-3-1-4-10/h2,5-6,9-10,18H,1,3-4,7-8H2,(H,16,17)(H,19,20). The van der Waals surface area contributed by atoms with Crippen LogP contribution in [-0.2, 0) is 0 Å². The van der Waals surface area contributed by atoms with E-state index in [1.165, 1.54) is 19.3 Å². The molecular weight excluding hydrogens is 252 g/mol. The molecule has 4 rings (SSSR count). The Labute approximate surface area is 117 Å². The van der Waals surface area contributed by atoms with E-state index in [-0.39, 0.29) is 11.6 Å². The number of rotatable bonds is 4. The quantitative estimate of drug-likeness (QED) is 0.743. The molecule has 1 heterocycles. The third-order valence-corrected chi connectivity index (χ3v) is 4.38. The number of fused-ring (bicyclic) bond motifs is 1. The Morgan fingerprint density at radius 3 is 2.90 bits per heavy atom. The van der Waals surface area contributed by atoms with Gasteiger partial charge in [0.1, 0.15) is 5.52 Å². The molecule has 0 bridgehead atoms. The fourth-order valence-electron chi connectivity index (χ4n) is 2.81. The predicted octanol–water partition coefficient (Wildman–Crippen LogP) is 1.92. The van der Waals surface area contributed by atoms with Gasteiger partial charge in [-0.05, 0) is 37.8 Å². The van der Waals surface area contributed by atoms with Crippen LogP contribution in [-0.4, -0.2) is 27.6 Å². The van der Waals surface area contributed by atoms with E-state index in [1.807, 2.05) is 18.2 Å². The first kappa shape index (κ1) is 11.9. The molecule has 1 aromatic heterocycles. The lowest BCUT2D eigenvalue weighted by Crippen LogP contribution is -2.53. The predicted molar refractivity (Wildman–Crippen MR) is 76.3 cm³/mol. The van der Waals surface area contributed by atoms with Crippen LogP contribution in [0.15, 0.2) is 24.5 Å². The minimum Gasteiger partial charge on any atom is -0.345 e. The van der Waals surface area contributed by atoms with Crippen molar-refractivity contribution in [2.24, 2.45) is 0 Å². The Morgan fingerprint density at radius 1 is 1.35 bits per heavy atom. The van der Waals surface area contributed by atoms with Crippen molar-refractivity contribution in [3.8, 4) is 0 Å². The summed E-state index contributed by atoms with van der Waals surface area (Å²) in [6, 6.07) is 6.23. The molecule has 3 N–H and O–H groups in total. The van der Waals surface area contributed by atoms with Crippen molar-refractivity contribution in [2.75, 3.05) is 0 Å². The molecule has 104 valence electrons. The smallest absolute Gasteiger partial charge is 0.254 e. The molecule has 0 aliphatic heterocycles. The zero-order valence-electron chi connectivity index (χ0n) is 11.3. The zero-order chi connectivity index (χ0) is 13.6. The fourth-order valence-corrected chi connectivity index (χ4v) is 2.81. The van der Waals surface area contributed by atoms with Crippen LogP contribution in [0.4, 0.5) is 0 Å². The molecule has 0 spiro atoms. The van der Waals surface area contributed by atoms with E-state index in [2.05, 4.69) is 20.6 Å². The first-order chi connectivity index (χ1) is 9.76. The van der Waals surface area contributed by atoms with E-state index in [4.69, 9.17) is 0 Å². The summed E-state index contributed by atoms with van der Waals surface area (Å²) in [5.74, 6) is -0.0352. The van der Waals surface area contributed by atoms with Gasteiger partial charge in [-0.25, -0.2) is 4.98 Å². The van der Waals surface area contributed by atoms with Crippen LogP contribution in [0.1, 0.15) is 42.5 Å². The van der Waals surface area contributed by atoms with Gasteiger partial charge in [0, 0.05) is 6.04 Å². The Morgan fingerprint density at radius 2 is 2.20 bits per heavy atom. The van der Waals surface area contributed by atoms with Crippen LogP contribution in [0.25, 0.3) is 11.0 Å². The highest BCUT2D eigenvalue weighted by Gasteiger charge is 2.46. The number of carbonyl (C=O) groups excluding carboxylic acids is 1. The summed E-state index contributed by atoms with van der Waals surface area (Å²) in [7, 11) is 0. The summed E-state index contributed by atoms with van der Waals surface area (Å²) in [5, 5.41) is 6.75. The lowest BCUT2D eigenvalue weighted by Gasteiger charge is -2.32. The fraction of sp³-hybridized carbons (Fsp3) is 0.467. The highest BCUT2D eigenvalue weighted by molar-refractivity contribution is 6.05. The van der Waals surface area contributed by atoms with Crippen LogP contribution in [0.5, 0.6) is 0 Å². The second-order valence-electron chi connectivity index (χ2n) is 5.91. The lowest BCUT2D eigenvalue weighted by atomic mass is 9.93. The van der Waals surface area contributed by atoms with Crippen LogP contribution in [0.3, 0.4) is 0 Å². The maximum absolute atomic E-state index is 12.5. The molecule has 5 heteroatoms. The minimum atomic E-state index is -0.166. The van der Waals surface area contributed by atoms with Gasteiger partial charge in [-0.1, -0.05) is 12.5 Å². The third-order valence-electron chi connectivity index (χ3n) is 4.38. The zero-order valence-corrected chi connectivity index (χ0v) is 11.3. The molecular formula is C15H18N4O. The van der Waals surface area contributed by atoms with Crippen LogP contribution < -0.4 is 10.6 Å². The molecule has 2 aliphatic carbocycles. The number of para-hydroxylation sites is 1. The van der Waals surface area contributed by atoms with Gasteiger partial charge in [-0.3, -0.25) is 10.1 Å². The Bertz CT molecular complexity index is 655.